The van der Waals surface area contributed by atoms with Crippen LogP contribution < -0.4 is 5.32 Å². The summed E-state index contributed by atoms with van der Waals surface area (Å²) in [7, 11) is 1.87. The number of nitrogens with one attached hydrogen (secondary N) is 1. The van der Waals surface area contributed by atoms with E-state index in [2.05, 4.69) is 12.2 Å². The lowest BCUT2D eigenvalue weighted by Gasteiger charge is -2.34. The van der Waals surface area contributed by atoms with Crippen LogP contribution in [0.3, 0.4) is 0 Å². The Morgan fingerprint density at radius 2 is 2.21 bits per heavy atom. The van der Waals surface area contributed by atoms with Crippen molar-refractivity contribution in [3.63, 3.8) is 0 Å². The highest BCUT2D eigenvalue weighted by molar-refractivity contribution is 6.31. The fourth-order valence-electron chi connectivity index (χ4n) is 2.69. The fraction of sp³-hybridized carbons (Fsp3) is 0.643. The van der Waals surface area contributed by atoms with Crippen molar-refractivity contribution in [3.05, 3.63) is 23.0 Å². The highest BCUT2D eigenvalue weighted by atomic mass is 35.5. The number of rotatable bonds is 4. The molecular formula is C14H22ClN3O. The van der Waals surface area contributed by atoms with E-state index in [1.807, 2.05) is 16.5 Å². The molecule has 0 radical (unpaired) electrons. The smallest absolute Gasteiger partial charge is 0.270 e. The first-order valence-electron chi connectivity index (χ1n) is 6.97. The SMILES string of the molecule is CCCN(C(=O)c1cc(Cl)cn1C)C1CCNCC1. The van der Waals surface area contributed by atoms with Gasteiger partial charge >= 0.3 is 0 Å². The van der Waals surface area contributed by atoms with Gasteiger partial charge in [-0.1, -0.05) is 18.5 Å². The number of nitrogens with zero attached hydrogens (tertiary/aromatic N) is 2. The molecule has 0 atom stereocenters. The van der Waals surface area contributed by atoms with Crippen LogP contribution in [0.2, 0.25) is 5.02 Å². The molecule has 1 amide bonds. The third-order valence-corrected chi connectivity index (χ3v) is 3.87. The minimum Gasteiger partial charge on any atom is -0.345 e. The number of carbonyl (C=O) groups is 1. The van der Waals surface area contributed by atoms with Gasteiger partial charge in [0.1, 0.15) is 5.69 Å². The van der Waals surface area contributed by atoms with E-state index in [4.69, 9.17) is 11.6 Å². The summed E-state index contributed by atoms with van der Waals surface area (Å²) in [6.07, 6.45) is 4.82. The van der Waals surface area contributed by atoms with Crippen molar-refractivity contribution in [2.45, 2.75) is 32.2 Å². The van der Waals surface area contributed by atoms with Crippen molar-refractivity contribution < 1.29 is 4.79 Å². The number of amides is 1. The standard InChI is InChI=1S/C14H22ClN3O/c1-3-8-18(12-4-6-16-7-5-12)14(19)13-9-11(15)10-17(13)2/h9-10,12,16H,3-8H2,1-2H3. The molecule has 0 unspecified atom stereocenters. The Kier molecular flexibility index (Phi) is 4.88. The van der Waals surface area contributed by atoms with Gasteiger partial charge in [0.25, 0.3) is 5.91 Å². The summed E-state index contributed by atoms with van der Waals surface area (Å²) in [5.41, 5.74) is 0.678. The van der Waals surface area contributed by atoms with Crippen LogP contribution >= 0.6 is 11.6 Å². The number of aryl methyl sites for hydroxylation is 1. The van der Waals surface area contributed by atoms with Crippen LogP contribution in [0.5, 0.6) is 0 Å². The first kappa shape index (κ1) is 14.4. The normalized spacial score (nSPS) is 16.6. The van der Waals surface area contributed by atoms with E-state index in [1.54, 1.807) is 12.3 Å². The first-order valence-corrected chi connectivity index (χ1v) is 7.34. The van der Waals surface area contributed by atoms with E-state index in [0.717, 1.165) is 38.9 Å². The molecule has 2 heterocycles. The van der Waals surface area contributed by atoms with Crippen molar-refractivity contribution in [2.24, 2.45) is 7.05 Å². The van der Waals surface area contributed by atoms with Crippen molar-refractivity contribution in [1.29, 1.82) is 0 Å². The lowest BCUT2D eigenvalue weighted by Crippen LogP contribution is -2.46. The van der Waals surface area contributed by atoms with Gasteiger partial charge in [-0.15, -0.1) is 0 Å². The maximum absolute atomic E-state index is 12.7. The predicted octanol–water partition coefficient (Wildman–Crippen LogP) is 2.28. The van der Waals surface area contributed by atoms with E-state index >= 15 is 0 Å². The van der Waals surface area contributed by atoms with E-state index < -0.39 is 0 Å². The van der Waals surface area contributed by atoms with E-state index in [9.17, 15) is 4.79 Å². The van der Waals surface area contributed by atoms with Crippen LogP contribution in [0.1, 0.15) is 36.7 Å². The van der Waals surface area contributed by atoms with Crippen molar-refractivity contribution in [1.82, 2.24) is 14.8 Å². The minimum atomic E-state index is 0.100. The molecule has 1 N–H and O–H groups in total. The Labute approximate surface area is 119 Å². The molecule has 4 nitrogen and oxygen atoms in total. The molecule has 106 valence electrons. The zero-order valence-electron chi connectivity index (χ0n) is 11.7. The van der Waals surface area contributed by atoms with Crippen LogP contribution in [0.25, 0.3) is 0 Å². The van der Waals surface area contributed by atoms with Crippen molar-refractivity contribution in [3.8, 4) is 0 Å². The molecule has 1 saturated heterocycles. The molecule has 0 aromatic carbocycles. The predicted molar refractivity (Wildman–Crippen MR) is 77.6 cm³/mol. The second-order valence-electron chi connectivity index (χ2n) is 5.13. The number of aromatic nitrogens is 1. The minimum absolute atomic E-state index is 0.100. The van der Waals surface area contributed by atoms with Gasteiger partial charge in [-0.2, -0.15) is 0 Å². The van der Waals surface area contributed by atoms with Gasteiger partial charge < -0.3 is 14.8 Å². The van der Waals surface area contributed by atoms with Gasteiger partial charge in [0, 0.05) is 25.8 Å². The van der Waals surface area contributed by atoms with E-state index in [1.165, 1.54) is 0 Å². The van der Waals surface area contributed by atoms with Gasteiger partial charge in [-0.25, -0.2) is 0 Å². The average molecular weight is 284 g/mol. The monoisotopic (exact) mass is 283 g/mol. The van der Waals surface area contributed by atoms with Gasteiger partial charge in [0.15, 0.2) is 0 Å². The highest BCUT2D eigenvalue weighted by Crippen LogP contribution is 2.19. The van der Waals surface area contributed by atoms with Crippen LogP contribution in [-0.2, 0) is 7.05 Å². The van der Waals surface area contributed by atoms with Crippen molar-refractivity contribution in [2.75, 3.05) is 19.6 Å². The molecule has 0 saturated carbocycles. The maximum Gasteiger partial charge on any atom is 0.270 e. The lowest BCUT2D eigenvalue weighted by molar-refractivity contribution is 0.0633. The molecule has 2 rings (SSSR count). The van der Waals surface area contributed by atoms with Crippen LogP contribution in [-0.4, -0.2) is 41.1 Å². The van der Waals surface area contributed by atoms with Gasteiger partial charge in [0.05, 0.1) is 5.02 Å². The molecule has 0 spiro atoms. The van der Waals surface area contributed by atoms with Gasteiger partial charge in [-0.3, -0.25) is 4.79 Å². The van der Waals surface area contributed by atoms with E-state index in [0.29, 0.717) is 16.8 Å². The number of carbonyl (C=O) groups excluding carboxylic acids is 1. The topological polar surface area (TPSA) is 37.3 Å². The molecular weight excluding hydrogens is 262 g/mol. The van der Waals surface area contributed by atoms with Gasteiger partial charge in [-0.05, 0) is 38.4 Å². The average Bonchev–Trinajstić information content (AvgIpc) is 2.75. The molecule has 1 aliphatic heterocycles. The largest absolute Gasteiger partial charge is 0.345 e. The van der Waals surface area contributed by atoms with Gasteiger partial charge in [0.2, 0.25) is 0 Å². The summed E-state index contributed by atoms with van der Waals surface area (Å²) in [6, 6.07) is 2.11. The Hall–Kier alpha value is -1.00. The van der Waals surface area contributed by atoms with Crippen molar-refractivity contribution >= 4 is 17.5 Å². The third-order valence-electron chi connectivity index (χ3n) is 3.67. The molecule has 0 aliphatic carbocycles. The summed E-state index contributed by atoms with van der Waals surface area (Å²) >= 11 is 5.98. The second kappa shape index (κ2) is 6.44. The fourth-order valence-corrected chi connectivity index (χ4v) is 2.94. The first-order chi connectivity index (χ1) is 9.13. The molecule has 1 fully saturated rings. The summed E-state index contributed by atoms with van der Waals surface area (Å²) in [6.45, 7) is 4.91. The Morgan fingerprint density at radius 1 is 1.53 bits per heavy atom. The molecule has 19 heavy (non-hydrogen) atoms. The Bertz CT molecular complexity index is 438. The number of piperidine rings is 1. The molecule has 1 aliphatic rings. The van der Waals surface area contributed by atoms with Crippen LogP contribution in [0, 0.1) is 0 Å². The second-order valence-corrected chi connectivity index (χ2v) is 5.57. The van der Waals surface area contributed by atoms with E-state index in [-0.39, 0.29) is 5.91 Å². The quantitative estimate of drug-likeness (QED) is 0.920. The molecule has 1 aromatic rings. The molecule has 0 bridgehead atoms. The summed E-state index contributed by atoms with van der Waals surface area (Å²) in [5, 5.41) is 3.96. The maximum atomic E-state index is 12.7. The molecule has 5 heteroatoms. The zero-order valence-corrected chi connectivity index (χ0v) is 12.4. The number of hydrogen-bond acceptors (Lipinski definition) is 2. The summed E-state index contributed by atoms with van der Waals surface area (Å²) in [4.78, 5) is 14.7. The summed E-state index contributed by atoms with van der Waals surface area (Å²) in [5.74, 6) is 0.100. The van der Waals surface area contributed by atoms with Crippen LogP contribution in [0.15, 0.2) is 12.3 Å². The zero-order chi connectivity index (χ0) is 13.8. The number of hydrogen-bond donors (Lipinski definition) is 1. The summed E-state index contributed by atoms with van der Waals surface area (Å²) < 4.78 is 1.81. The Morgan fingerprint density at radius 3 is 2.74 bits per heavy atom. The molecule has 1 aromatic heterocycles. The Balaban J connectivity index is 2.17. The highest BCUT2D eigenvalue weighted by Gasteiger charge is 2.27. The third kappa shape index (κ3) is 3.31. The number of halogens is 1. The van der Waals surface area contributed by atoms with Crippen LogP contribution in [0.4, 0.5) is 0 Å². The lowest BCUT2D eigenvalue weighted by atomic mass is 10.0.